The van der Waals surface area contributed by atoms with E-state index in [9.17, 15) is 9.59 Å². The van der Waals surface area contributed by atoms with Crippen LogP contribution in [0, 0.1) is 6.92 Å². The molecule has 8 nitrogen and oxygen atoms in total. The van der Waals surface area contributed by atoms with Gasteiger partial charge in [-0.2, -0.15) is 0 Å². The van der Waals surface area contributed by atoms with E-state index in [2.05, 4.69) is 15.6 Å². The first-order valence-electron chi connectivity index (χ1n) is 9.82. The number of hydrogen-bond donors (Lipinski definition) is 2. The summed E-state index contributed by atoms with van der Waals surface area (Å²) >= 11 is 1.53. The molecule has 1 aromatic heterocycles. The van der Waals surface area contributed by atoms with Crippen LogP contribution < -0.4 is 24.8 Å². The third kappa shape index (κ3) is 5.36. The Hall–Kier alpha value is -3.59. The Morgan fingerprint density at radius 3 is 2.31 bits per heavy atom. The molecule has 9 heteroatoms. The van der Waals surface area contributed by atoms with Gasteiger partial charge in [0.25, 0.3) is 5.91 Å². The number of hydrogen-bond acceptors (Lipinski definition) is 7. The van der Waals surface area contributed by atoms with Crippen molar-refractivity contribution in [2.75, 3.05) is 27.9 Å². The molecular formula is C23H25N3O5S. The van der Waals surface area contributed by atoms with E-state index in [1.54, 1.807) is 0 Å². The number of rotatable bonds is 9. The summed E-state index contributed by atoms with van der Waals surface area (Å²) in [5.41, 5.74) is 3.27. The van der Waals surface area contributed by atoms with Gasteiger partial charge in [-0.3, -0.25) is 9.59 Å². The van der Waals surface area contributed by atoms with Crippen LogP contribution in [0.5, 0.6) is 17.2 Å². The SMILES string of the molecule is COc1cc(C(=O)NCC(=O)NCc2csc(-c3ccccc3C)n2)cc(OC)c1OC. The predicted molar refractivity (Wildman–Crippen MR) is 123 cm³/mol. The smallest absolute Gasteiger partial charge is 0.251 e. The Morgan fingerprint density at radius 2 is 1.69 bits per heavy atom. The van der Waals surface area contributed by atoms with E-state index < -0.39 is 5.91 Å². The Bertz CT molecular complexity index is 1090. The Labute approximate surface area is 190 Å². The summed E-state index contributed by atoms with van der Waals surface area (Å²) in [6.45, 7) is 2.14. The van der Waals surface area contributed by atoms with Gasteiger partial charge in [0.1, 0.15) is 5.01 Å². The third-order valence-electron chi connectivity index (χ3n) is 4.73. The van der Waals surface area contributed by atoms with Crippen LogP contribution in [0.15, 0.2) is 41.8 Å². The maximum absolute atomic E-state index is 12.5. The van der Waals surface area contributed by atoms with Gasteiger partial charge in [0.05, 0.1) is 40.1 Å². The molecule has 0 fully saturated rings. The highest BCUT2D eigenvalue weighted by Crippen LogP contribution is 2.38. The first-order valence-corrected chi connectivity index (χ1v) is 10.7. The van der Waals surface area contributed by atoms with Crippen LogP contribution in [0.25, 0.3) is 10.6 Å². The van der Waals surface area contributed by atoms with Crippen molar-refractivity contribution in [1.82, 2.24) is 15.6 Å². The standard InChI is InChI=1S/C23H25N3O5S/c1-14-7-5-6-8-17(14)23-26-16(13-32-23)11-24-20(27)12-25-22(28)15-9-18(29-2)21(31-4)19(10-15)30-3/h5-10,13H,11-12H2,1-4H3,(H,24,27)(H,25,28). The van der Waals surface area contributed by atoms with Gasteiger partial charge in [0, 0.05) is 16.5 Å². The van der Waals surface area contributed by atoms with E-state index in [1.165, 1.54) is 44.8 Å². The maximum atomic E-state index is 12.5. The molecule has 3 aromatic rings. The van der Waals surface area contributed by atoms with Crippen molar-refractivity contribution < 1.29 is 23.8 Å². The molecule has 32 heavy (non-hydrogen) atoms. The number of thiazole rings is 1. The second-order valence-corrected chi connectivity index (χ2v) is 7.69. The quantitative estimate of drug-likeness (QED) is 0.514. The first kappa shape index (κ1) is 23.1. The second kappa shape index (κ2) is 10.6. The fourth-order valence-electron chi connectivity index (χ4n) is 3.05. The number of nitrogens with one attached hydrogen (secondary N) is 2. The number of aryl methyl sites for hydroxylation is 1. The number of carbonyl (C=O) groups excluding carboxylic acids is 2. The van der Waals surface area contributed by atoms with Crippen molar-refractivity contribution in [3.05, 3.63) is 58.6 Å². The Balaban J connectivity index is 1.55. The van der Waals surface area contributed by atoms with Crippen molar-refractivity contribution in [1.29, 1.82) is 0 Å². The molecule has 0 aliphatic carbocycles. The average molecular weight is 456 g/mol. The van der Waals surface area contributed by atoms with Gasteiger partial charge in [-0.15, -0.1) is 11.3 Å². The molecule has 0 aliphatic rings. The van der Waals surface area contributed by atoms with Gasteiger partial charge >= 0.3 is 0 Å². The molecule has 0 spiro atoms. The molecule has 168 valence electrons. The Kier molecular flexibility index (Phi) is 7.67. The largest absolute Gasteiger partial charge is 0.493 e. The summed E-state index contributed by atoms with van der Waals surface area (Å²) in [5, 5.41) is 8.18. The number of nitrogens with zero attached hydrogens (tertiary/aromatic N) is 1. The van der Waals surface area contributed by atoms with Crippen LogP contribution in [0.1, 0.15) is 21.6 Å². The lowest BCUT2D eigenvalue weighted by Gasteiger charge is -2.14. The molecule has 2 amide bonds. The van der Waals surface area contributed by atoms with Crippen LogP contribution in [-0.4, -0.2) is 44.7 Å². The van der Waals surface area contributed by atoms with E-state index in [4.69, 9.17) is 14.2 Å². The van der Waals surface area contributed by atoms with E-state index >= 15 is 0 Å². The van der Waals surface area contributed by atoms with Gasteiger partial charge in [-0.1, -0.05) is 24.3 Å². The number of carbonyl (C=O) groups is 2. The van der Waals surface area contributed by atoms with E-state index in [-0.39, 0.29) is 24.6 Å². The van der Waals surface area contributed by atoms with Crippen LogP contribution in [0.3, 0.4) is 0 Å². The topological polar surface area (TPSA) is 98.8 Å². The molecule has 0 aliphatic heterocycles. The molecule has 0 saturated carbocycles. The van der Waals surface area contributed by atoms with Crippen LogP contribution in [-0.2, 0) is 11.3 Å². The van der Waals surface area contributed by atoms with Crippen molar-refractivity contribution >= 4 is 23.2 Å². The fourth-order valence-corrected chi connectivity index (χ4v) is 3.96. The minimum Gasteiger partial charge on any atom is -0.493 e. The van der Waals surface area contributed by atoms with Gasteiger partial charge in [-0.05, 0) is 24.6 Å². The molecular weight excluding hydrogens is 430 g/mol. The monoisotopic (exact) mass is 455 g/mol. The lowest BCUT2D eigenvalue weighted by Crippen LogP contribution is -2.36. The lowest BCUT2D eigenvalue weighted by atomic mass is 10.1. The fraction of sp³-hybridized carbons (Fsp3) is 0.261. The number of amides is 2. The van der Waals surface area contributed by atoms with E-state index in [0.717, 1.165) is 21.8 Å². The summed E-state index contributed by atoms with van der Waals surface area (Å²) in [7, 11) is 4.42. The number of aromatic nitrogens is 1. The molecule has 2 aromatic carbocycles. The molecule has 0 radical (unpaired) electrons. The molecule has 3 rings (SSSR count). The zero-order valence-corrected chi connectivity index (χ0v) is 19.2. The average Bonchev–Trinajstić information content (AvgIpc) is 3.29. The lowest BCUT2D eigenvalue weighted by molar-refractivity contribution is -0.120. The normalized spacial score (nSPS) is 10.4. The summed E-state index contributed by atoms with van der Waals surface area (Å²) in [6.07, 6.45) is 0. The summed E-state index contributed by atoms with van der Waals surface area (Å²) in [6, 6.07) is 11.1. The molecule has 2 N–H and O–H groups in total. The van der Waals surface area contributed by atoms with Crippen molar-refractivity contribution in [3.63, 3.8) is 0 Å². The zero-order valence-electron chi connectivity index (χ0n) is 18.4. The zero-order chi connectivity index (χ0) is 23.1. The molecule has 1 heterocycles. The number of ether oxygens (including phenoxy) is 3. The highest BCUT2D eigenvalue weighted by Gasteiger charge is 2.17. The van der Waals surface area contributed by atoms with E-state index in [1.807, 2.05) is 36.6 Å². The minimum absolute atomic E-state index is 0.176. The molecule has 0 bridgehead atoms. The summed E-state index contributed by atoms with van der Waals surface area (Å²) in [4.78, 5) is 29.3. The van der Waals surface area contributed by atoms with Gasteiger partial charge < -0.3 is 24.8 Å². The molecule has 0 saturated heterocycles. The van der Waals surface area contributed by atoms with E-state index in [0.29, 0.717) is 17.2 Å². The predicted octanol–water partition coefficient (Wildman–Crippen LogP) is 3.19. The van der Waals surface area contributed by atoms with Gasteiger partial charge in [0.2, 0.25) is 11.7 Å². The first-order chi connectivity index (χ1) is 15.5. The summed E-state index contributed by atoms with van der Waals surface area (Å²) in [5.74, 6) is 0.340. The maximum Gasteiger partial charge on any atom is 0.251 e. The van der Waals surface area contributed by atoms with Crippen LogP contribution in [0.2, 0.25) is 0 Å². The Morgan fingerprint density at radius 1 is 1.00 bits per heavy atom. The van der Waals surface area contributed by atoms with Gasteiger partial charge in [0.15, 0.2) is 11.5 Å². The van der Waals surface area contributed by atoms with Crippen molar-refractivity contribution in [3.8, 4) is 27.8 Å². The summed E-state index contributed by atoms with van der Waals surface area (Å²) < 4.78 is 15.8. The van der Waals surface area contributed by atoms with Crippen molar-refractivity contribution in [2.24, 2.45) is 0 Å². The highest BCUT2D eigenvalue weighted by molar-refractivity contribution is 7.13. The number of methoxy groups -OCH3 is 3. The minimum atomic E-state index is -0.435. The van der Waals surface area contributed by atoms with Crippen LogP contribution >= 0.6 is 11.3 Å². The van der Waals surface area contributed by atoms with Crippen molar-refractivity contribution in [2.45, 2.75) is 13.5 Å². The second-order valence-electron chi connectivity index (χ2n) is 6.83. The molecule has 0 atom stereocenters. The number of benzene rings is 2. The molecule has 0 unspecified atom stereocenters. The highest BCUT2D eigenvalue weighted by atomic mass is 32.1. The third-order valence-corrected chi connectivity index (χ3v) is 5.65. The van der Waals surface area contributed by atoms with Gasteiger partial charge in [-0.25, -0.2) is 4.98 Å². The van der Waals surface area contributed by atoms with Crippen LogP contribution in [0.4, 0.5) is 0 Å².